The van der Waals surface area contributed by atoms with Gasteiger partial charge in [-0.05, 0) is 13.8 Å². The lowest BCUT2D eigenvalue weighted by Gasteiger charge is -2.46. The normalized spacial score (nSPS) is 49.2. The third-order valence-electron chi connectivity index (χ3n) is 2.68. The molecule has 3 unspecified atom stereocenters. The Labute approximate surface area is 72.3 Å². The fourth-order valence-corrected chi connectivity index (χ4v) is 1.30. The Balaban J connectivity index is 2.68. The molecule has 0 spiro atoms. The van der Waals surface area contributed by atoms with Crippen molar-refractivity contribution in [2.45, 2.75) is 37.5 Å². The minimum absolute atomic E-state index is 0.0633. The molecule has 0 bridgehead atoms. The lowest BCUT2D eigenvalue weighted by molar-refractivity contribution is -0.152. The van der Waals surface area contributed by atoms with Crippen molar-refractivity contribution in [3.8, 4) is 0 Å². The zero-order valence-electron chi connectivity index (χ0n) is 7.58. The number of nitrogens with two attached hydrogens (primary N) is 1. The topological polar surface area (TPSA) is 75.7 Å². The summed E-state index contributed by atoms with van der Waals surface area (Å²) in [6.45, 7) is 3.65. The highest BCUT2D eigenvalue weighted by Gasteiger charge is 2.45. The zero-order chi connectivity index (χ0) is 9.41. The molecule has 1 rings (SSSR count). The summed E-state index contributed by atoms with van der Waals surface area (Å²) in [7, 11) is 0. The van der Waals surface area contributed by atoms with Gasteiger partial charge in [-0.2, -0.15) is 0 Å². The van der Waals surface area contributed by atoms with Crippen LogP contribution in [0.3, 0.4) is 0 Å². The van der Waals surface area contributed by atoms with E-state index in [4.69, 9.17) is 15.6 Å². The summed E-state index contributed by atoms with van der Waals surface area (Å²) in [5, 5.41) is 18.7. The first-order chi connectivity index (χ1) is 5.39. The second-order valence-corrected chi connectivity index (χ2v) is 4.01. The molecule has 1 aliphatic rings. The van der Waals surface area contributed by atoms with Crippen LogP contribution in [0.4, 0.5) is 0 Å². The van der Waals surface area contributed by atoms with Crippen molar-refractivity contribution in [1.29, 1.82) is 0 Å². The van der Waals surface area contributed by atoms with Crippen LogP contribution in [-0.2, 0) is 4.74 Å². The Morgan fingerprint density at radius 3 is 2.58 bits per heavy atom. The van der Waals surface area contributed by atoms with Crippen LogP contribution in [0.1, 0.15) is 20.3 Å². The highest BCUT2D eigenvalue weighted by atomic mass is 16.5. The van der Waals surface area contributed by atoms with Gasteiger partial charge < -0.3 is 20.7 Å². The van der Waals surface area contributed by atoms with E-state index in [2.05, 4.69) is 0 Å². The Kier molecular flexibility index (Phi) is 2.45. The summed E-state index contributed by atoms with van der Waals surface area (Å²) in [6, 6.07) is 0. The summed E-state index contributed by atoms with van der Waals surface area (Å²) >= 11 is 0. The maximum atomic E-state index is 9.89. The number of aliphatic hydroxyl groups excluding tert-OH is 1. The van der Waals surface area contributed by atoms with Gasteiger partial charge >= 0.3 is 0 Å². The van der Waals surface area contributed by atoms with Crippen molar-refractivity contribution in [3.63, 3.8) is 0 Å². The van der Waals surface area contributed by atoms with E-state index >= 15 is 0 Å². The molecule has 1 fully saturated rings. The molecule has 0 aromatic rings. The predicted molar refractivity (Wildman–Crippen MR) is 44.7 cm³/mol. The van der Waals surface area contributed by atoms with E-state index in [1.54, 1.807) is 13.8 Å². The number of hydrogen-bond donors (Lipinski definition) is 3. The molecule has 0 aromatic carbocycles. The molecule has 1 heterocycles. The summed E-state index contributed by atoms with van der Waals surface area (Å²) in [6.07, 6.45) is 0.105. The minimum atomic E-state index is -0.960. The van der Waals surface area contributed by atoms with Gasteiger partial charge in [0.15, 0.2) is 0 Å². The molecular formula is C8H17NO3. The Morgan fingerprint density at radius 2 is 2.17 bits per heavy atom. The third kappa shape index (κ3) is 1.61. The lowest BCUT2D eigenvalue weighted by Crippen LogP contribution is -2.64. The number of rotatable bonds is 1. The largest absolute Gasteiger partial charge is 0.394 e. The Bertz CT molecular complexity index is 168. The highest BCUT2D eigenvalue weighted by molar-refractivity contribution is 5.01. The van der Waals surface area contributed by atoms with Crippen molar-refractivity contribution < 1.29 is 14.9 Å². The zero-order valence-corrected chi connectivity index (χ0v) is 7.58. The number of hydrogen-bond acceptors (Lipinski definition) is 4. The smallest absolute Gasteiger partial charge is 0.0843 e. The highest BCUT2D eigenvalue weighted by Crippen LogP contribution is 2.30. The van der Waals surface area contributed by atoms with E-state index in [0.29, 0.717) is 6.42 Å². The molecule has 0 aliphatic carbocycles. The molecule has 0 radical (unpaired) electrons. The first-order valence-electron chi connectivity index (χ1n) is 4.13. The van der Waals surface area contributed by atoms with Gasteiger partial charge in [-0.15, -0.1) is 0 Å². The maximum Gasteiger partial charge on any atom is 0.0843 e. The van der Waals surface area contributed by atoms with Crippen LogP contribution < -0.4 is 5.73 Å². The summed E-state index contributed by atoms with van der Waals surface area (Å²) < 4.78 is 5.24. The summed E-state index contributed by atoms with van der Waals surface area (Å²) in [5.74, 6) is 0. The van der Waals surface area contributed by atoms with Crippen LogP contribution in [-0.4, -0.2) is 40.7 Å². The average molecular weight is 175 g/mol. The summed E-state index contributed by atoms with van der Waals surface area (Å²) in [4.78, 5) is 0. The van der Waals surface area contributed by atoms with E-state index in [1.165, 1.54) is 0 Å². The van der Waals surface area contributed by atoms with Crippen LogP contribution in [0.2, 0.25) is 0 Å². The molecule has 0 saturated carbocycles. The van der Waals surface area contributed by atoms with Gasteiger partial charge in [0.1, 0.15) is 0 Å². The maximum absolute atomic E-state index is 9.89. The van der Waals surface area contributed by atoms with Gasteiger partial charge in [-0.25, -0.2) is 0 Å². The van der Waals surface area contributed by atoms with E-state index in [-0.39, 0.29) is 19.3 Å². The van der Waals surface area contributed by atoms with Gasteiger partial charge in [-0.1, -0.05) is 0 Å². The molecule has 4 heteroatoms. The van der Waals surface area contributed by atoms with Crippen molar-refractivity contribution in [3.05, 3.63) is 0 Å². The van der Waals surface area contributed by atoms with Crippen molar-refractivity contribution >= 4 is 0 Å². The molecule has 12 heavy (non-hydrogen) atoms. The van der Waals surface area contributed by atoms with Crippen molar-refractivity contribution in [1.82, 2.24) is 0 Å². The molecule has 4 N–H and O–H groups in total. The van der Waals surface area contributed by atoms with Crippen LogP contribution >= 0.6 is 0 Å². The van der Waals surface area contributed by atoms with Crippen LogP contribution in [0.15, 0.2) is 0 Å². The summed E-state index contributed by atoms with van der Waals surface area (Å²) in [5.41, 5.74) is 4.13. The van der Waals surface area contributed by atoms with E-state index in [1.807, 2.05) is 0 Å². The predicted octanol–water partition coefficient (Wildman–Crippen LogP) is -0.764. The van der Waals surface area contributed by atoms with Gasteiger partial charge in [0.2, 0.25) is 0 Å². The molecule has 0 aromatic heterocycles. The van der Waals surface area contributed by atoms with E-state index in [9.17, 15) is 5.11 Å². The SMILES string of the molecule is CC1(N)COC(CO)CC1(C)O. The van der Waals surface area contributed by atoms with E-state index in [0.717, 1.165) is 0 Å². The average Bonchev–Trinajstić information content (AvgIpc) is 1.95. The third-order valence-corrected chi connectivity index (χ3v) is 2.68. The standard InChI is InChI=1S/C8H17NO3/c1-7(9)5-12-6(4-10)3-8(7,2)11/h6,10-11H,3-5,9H2,1-2H3. The van der Waals surface area contributed by atoms with Gasteiger partial charge in [0, 0.05) is 6.42 Å². The Morgan fingerprint density at radius 1 is 1.58 bits per heavy atom. The lowest BCUT2D eigenvalue weighted by atomic mass is 9.78. The van der Waals surface area contributed by atoms with Crippen molar-refractivity contribution in [2.24, 2.45) is 5.73 Å². The first kappa shape index (κ1) is 9.92. The fourth-order valence-electron chi connectivity index (χ4n) is 1.30. The molecule has 1 saturated heterocycles. The Hall–Kier alpha value is -0.160. The van der Waals surface area contributed by atoms with Crippen LogP contribution in [0, 0.1) is 0 Å². The van der Waals surface area contributed by atoms with Gasteiger partial charge in [0.05, 0.1) is 30.5 Å². The second-order valence-electron chi connectivity index (χ2n) is 4.01. The van der Waals surface area contributed by atoms with Crippen LogP contribution in [0.25, 0.3) is 0 Å². The monoisotopic (exact) mass is 175 g/mol. The first-order valence-corrected chi connectivity index (χ1v) is 4.13. The van der Waals surface area contributed by atoms with E-state index < -0.39 is 11.1 Å². The molecular weight excluding hydrogens is 158 g/mol. The molecule has 3 atom stereocenters. The van der Waals surface area contributed by atoms with Crippen molar-refractivity contribution in [2.75, 3.05) is 13.2 Å². The van der Waals surface area contributed by atoms with Gasteiger partial charge in [-0.3, -0.25) is 0 Å². The molecule has 4 nitrogen and oxygen atoms in total. The second kappa shape index (κ2) is 2.96. The fraction of sp³-hybridized carbons (Fsp3) is 1.00. The van der Waals surface area contributed by atoms with Crippen LogP contribution in [0.5, 0.6) is 0 Å². The minimum Gasteiger partial charge on any atom is -0.394 e. The van der Waals surface area contributed by atoms with Gasteiger partial charge in [0.25, 0.3) is 0 Å². The number of ether oxygens (including phenoxy) is 1. The quantitative estimate of drug-likeness (QED) is 0.489. The molecule has 1 aliphatic heterocycles. The molecule has 0 amide bonds. The number of aliphatic hydroxyl groups is 2. The molecule has 72 valence electrons.